The highest BCUT2D eigenvalue weighted by atomic mass is 32.2. The van der Waals surface area contributed by atoms with Crippen LogP contribution in [0.2, 0.25) is 0 Å². The van der Waals surface area contributed by atoms with Gasteiger partial charge >= 0.3 is 0 Å². The molecule has 3 aromatic rings. The van der Waals surface area contributed by atoms with Crippen molar-refractivity contribution in [3.8, 4) is 0 Å². The maximum atomic E-state index is 12.5. The predicted molar refractivity (Wildman–Crippen MR) is 89.0 cm³/mol. The number of nitrogens with two attached hydrogens (primary N) is 1. The van der Waals surface area contributed by atoms with Crippen molar-refractivity contribution in [1.29, 1.82) is 0 Å². The number of hydrogen-bond donors (Lipinski definition) is 1. The molecule has 2 aromatic carbocycles. The lowest BCUT2D eigenvalue weighted by Gasteiger charge is -2.11. The summed E-state index contributed by atoms with van der Waals surface area (Å²) in [5.41, 5.74) is 5.78. The zero-order chi connectivity index (χ0) is 15.9. The van der Waals surface area contributed by atoms with Gasteiger partial charge in [-0.15, -0.1) is 0 Å². The molecular formula is C16H15N3O2S. The van der Waals surface area contributed by atoms with Gasteiger partial charge in [0, 0.05) is 7.05 Å². The molecule has 112 valence electrons. The second kappa shape index (κ2) is 5.46. The number of amides is 1. The third-order valence-corrected chi connectivity index (χ3v) is 4.75. The van der Waals surface area contributed by atoms with Crippen LogP contribution in [0.5, 0.6) is 0 Å². The first-order valence-corrected chi connectivity index (χ1v) is 7.71. The summed E-state index contributed by atoms with van der Waals surface area (Å²) in [6.45, 7) is 1.70. The molecule has 0 saturated heterocycles. The Morgan fingerprint density at radius 1 is 1.27 bits per heavy atom. The van der Waals surface area contributed by atoms with E-state index in [1.807, 2.05) is 36.4 Å². The molecule has 0 aliphatic rings. The van der Waals surface area contributed by atoms with Crippen LogP contribution in [0.3, 0.4) is 0 Å². The van der Waals surface area contributed by atoms with Gasteiger partial charge in [-0.05, 0) is 29.8 Å². The van der Waals surface area contributed by atoms with Crippen molar-refractivity contribution in [2.24, 2.45) is 12.8 Å². The number of benzene rings is 2. The summed E-state index contributed by atoms with van der Waals surface area (Å²) < 4.78 is 1.46. The number of hydrogen-bond acceptors (Lipinski definition) is 4. The Kier molecular flexibility index (Phi) is 3.62. The third-order valence-electron chi connectivity index (χ3n) is 3.58. The highest BCUT2D eigenvalue weighted by molar-refractivity contribution is 8.00. The minimum atomic E-state index is -0.448. The molecule has 22 heavy (non-hydrogen) atoms. The van der Waals surface area contributed by atoms with E-state index in [1.54, 1.807) is 14.0 Å². The molecule has 0 aliphatic heterocycles. The summed E-state index contributed by atoms with van der Waals surface area (Å²) in [5, 5.41) is 2.63. The number of carbonyl (C=O) groups excluding carboxylic acids is 1. The SMILES string of the molecule is C[C@@H](Sc1nc2cc3ccccc3cc2c(=O)n1C)C(N)=O. The van der Waals surface area contributed by atoms with E-state index in [4.69, 9.17) is 5.73 Å². The summed E-state index contributed by atoms with van der Waals surface area (Å²) >= 11 is 1.19. The van der Waals surface area contributed by atoms with E-state index in [0.29, 0.717) is 16.1 Å². The van der Waals surface area contributed by atoms with Gasteiger partial charge < -0.3 is 5.73 Å². The largest absolute Gasteiger partial charge is 0.369 e. The van der Waals surface area contributed by atoms with E-state index < -0.39 is 11.2 Å². The van der Waals surface area contributed by atoms with Gasteiger partial charge in [-0.25, -0.2) is 4.98 Å². The van der Waals surface area contributed by atoms with E-state index in [1.165, 1.54) is 16.3 Å². The van der Waals surface area contributed by atoms with Crippen molar-refractivity contribution in [2.45, 2.75) is 17.3 Å². The molecule has 3 rings (SSSR count). The molecule has 0 aliphatic carbocycles. The van der Waals surface area contributed by atoms with Crippen LogP contribution in [0.1, 0.15) is 6.92 Å². The van der Waals surface area contributed by atoms with Crippen LogP contribution in [-0.2, 0) is 11.8 Å². The Bertz CT molecular complexity index is 949. The van der Waals surface area contributed by atoms with Gasteiger partial charge in [0.05, 0.1) is 16.2 Å². The minimum absolute atomic E-state index is 0.130. The van der Waals surface area contributed by atoms with Gasteiger partial charge in [0.15, 0.2) is 5.16 Å². The van der Waals surface area contributed by atoms with Gasteiger partial charge in [-0.2, -0.15) is 0 Å². The number of aromatic nitrogens is 2. The molecule has 6 heteroatoms. The van der Waals surface area contributed by atoms with E-state index in [-0.39, 0.29) is 5.56 Å². The Morgan fingerprint density at radius 2 is 1.91 bits per heavy atom. The second-order valence-electron chi connectivity index (χ2n) is 5.14. The number of carbonyl (C=O) groups is 1. The maximum Gasteiger partial charge on any atom is 0.261 e. The third kappa shape index (κ3) is 2.46. The highest BCUT2D eigenvalue weighted by Gasteiger charge is 2.16. The number of rotatable bonds is 3. The van der Waals surface area contributed by atoms with Crippen molar-refractivity contribution < 1.29 is 4.79 Å². The highest BCUT2D eigenvalue weighted by Crippen LogP contribution is 2.24. The van der Waals surface area contributed by atoms with E-state index >= 15 is 0 Å². The zero-order valence-corrected chi connectivity index (χ0v) is 13.1. The van der Waals surface area contributed by atoms with E-state index in [2.05, 4.69) is 4.98 Å². The number of thioether (sulfide) groups is 1. The van der Waals surface area contributed by atoms with Crippen LogP contribution in [0, 0.1) is 0 Å². The fourth-order valence-corrected chi connectivity index (χ4v) is 3.08. The van der Waals surface area contributed by atoms with E-state index in [9.17, 15) is 9.59 Å². The first-order chi connectivity index (χ1) is 10.5. The van der Waals surface area contributed by atoms with Gasteiger partial charge in [-0.3, -0.25) is 14.2 Å². The maximum absolute atomic E-state index is 12.5. The van der Waals surface area contributed by atoms with Crippen LogP contribution in [0.25, 0.3) is 21.7 Å². The molecule has 5 nitrogen and oxygen atoms in total. The predicted octanol–water partition coefficient (Wildman–Crippen LogP) is 2.05. The molecule has 0 saturated carbocycles. The van der Waals surface area contributed by atoms with Gasteiger partial charge in [0.1, 0.15) is 0 Å². The number of primary amides is 1. The molecule has 0 unspecified atom stereocenters. The van der Waals surface area contributed by atoms with Crippen LogP contribution < -0.4 is 11.3 Å². The first-order valence-electron chi connectivity index (χ1n) is 6.83. The Balaban J connectivity index is 2.24. The zero-order valence-electron chi connectivity index (χ0n) is 12.2. The molecule has 1 atom stereocenters. The second-order valence-corrected chi connectivity index (χ2v) is 6.45. The van der Waals surface area contributed by atoms with Crippen molar-refractivity contribution in [3.63, 3.8) is 0 Å². The van der Waals surface area contributed by atoms with Crippen LogP contribution in [-0.4, -0.2) is 20.7 Å². The van der Waals surface area contributed by atoms with Gasteiger partial charge in [0.25, 0.3) is 5.56 Å². The average Bonchev–Trinajstić information content (AvgIpc) is 2.50. The number of nitrogens with zero attached hydrogens (tertiary/aromatic N) is 2. The van der Waals surface area contributed by atoms with E-state index in [0.717, 1.165) is 10.8 Å². The van der Waals surface area contributed by atoms with Crippen molar-refractivity contribution in [1.82, 2.24) is 9.55 Å². The monoisotopic (exact) mass is 313 g/mol. The summed E-state index contributed by atoms with van der Waals surface area (Å²) in [7, 11) is 1.65. The molecule has 1 heterocycles. The van der Waals surface area contributed by atoms with Crippen molar-refractivity contribution in [2.75, 3.05) is 0 Å². The lowest BCUT2D eigenvalue weighted by molar-refractivity contribution is -0.117. The standard InChI is InChI=1S/C16H15N3O2S/c1-9(14(17)20)22-16-18-13-8-11-6-4-3-5-10(11)7-12(13)15(21)19(16)2/h3-9H,1-2H3,(H2,17,20)/t9-/m1/s1. The Labute approximate surface area is 131 Å². The fraction of sp³-hybridized carbons (Fsp3) is 0.188. The summed E-state index contributed by atoms with van der Waals surface area (Å²) in [5.74, 6) is -0.433. The normalized spacial score (nSPS) is 12.6. The average molecular weight is 313 g/mol. The van der Waals surface area contributed by atoms with Gasteiger partial charge in [-0.1, -0.05) is 36.0 Å². The van der Waals surface area contributed by atoms with Gasteiger partial charge in [0.2, 0.25) is 5.91 Å². The molecular weight excluding hydrogens is 298 g/mol. The fourth-order valence-electron chi connectivity index (χ4n) is 2.26. The molecule has 1 aromatic heterocycles. The molecule has 2 N–H and O–H groups in total. The molecule has 0 radical (unpaired) electrons. The molecule has 1 amide bonds. The van der Waals surface area contributed by atoms with Crippen molar-refractivity contribution >= 4 is 39.3 Å². The van der Waals surface area contributed by atoms with Crippen LogP contribution in [0.4, 0.5) is 0 Å². The van der Waals surface area contributed by atoms with Crippen LogP contribution >= 0.6 is 11.8 Å². The lowest BCUT2D eigenvalue weighted by Crippen LogP contribution is -2.25. The topological polar surface area (TPSA) is 78.0 Å². The molecule has 0 spiro atoms. The molecule has 0 bridgehead atoms. The lowest BCUT2D eigenvalue weighted by atomic mass is 10.1. The minimum Gasteiger partial charge on any atom is -0.369 e. The summed E-state index contributed by atoms with van der Waals surface area (Å²) in [6, 6.07) is 11.6. The first kappa shape index (κ1) is 14.6. The van der Waals surface area contributed by atoms with Crippen molar-refractivity contribution in [3.05, 3.63) is 46.8 Å². The summed E-state index contributed by atoms with van der Waals surface area (Å²) in [6.07, 6.45) is 0. The van der Waals surface area contributed by atoms with Crippen LogP contribution in [0.15, 0.2) is 46.3 Å². The summed E-state index contributed by atoms with van der Waals surface area (Å²) in [4.78, 5) is 28.3. The smallest absolute Gasteiger partial charge is 0.261 e. The number of fused-ring (bicyclic) bond motifs is 2. The Morgan fingerprint density at radius 3 is 2.55 bits per heavy atom. The quantitative estimate of drug-likeness (QED) is 0.456. The molecule has 0 fully saturated rings. The Hall–Kier alpha value is -2.34.